The van der Waals surface area contributed by atoms with Crippen LogP contribution in [0.25, 0.3) is 0 Å². The number of halogens is 1. The number of thiophene rings is 1. The van der Waals surface area contributed by atoms with Gasteiger partial charge in [-0.3, -0.25) is 4.79 Å². The third-order valence-electron chi connectivity index (χ3n) is 2.75. The molecule has 1 heterocycles. The second-order valence-electron chi connectivity index (χ2n) is 3.97. The summed E-state index contributed by atoms with van der Waals surface area (Å²) >= 11 is 7.22. The molecular weight excluding hydrogens is 314 g/mol. The van der Waals surface area contributed by atoms with Crippen molar-refractivity contribution in [3.05, 3.63) is 33.5 Å². The standard InChI is InChI=1S/C14H14ClNO4S/c1-18-10-6-8(7-11(19-2)12(10)20-3)16-14(17)13-9(15)4-5-21-13/h4-7H,1-3H3,(H,16,17). The minimum absolute atomic E-state index is 0.288. The quantitative estimate of drug-likeness (QED) is 0.910. The van der Waals surface area contributed by atoms with E-state index in [-0.39, 0.29) is 5.91 Å². The van der Waals surface area contributed by atoms with Crippen molar-refractivity contribution in [1.29, 1.82) is 0 Å². The smallest absolute Gasteiger partial charge is 0.267 e. The maximum atomic E-state index is 12.2. The Labute approximate surface area is 131 Å². The molecule has 21 heavy (non-hydrogen) atoms. The maximum absolute atomic E-state index is 12.2. The number of rotatable bonds is 5. The van der Waals surface area contributed by atoms with Crippen molar-refractivity contribution in [2.75, 3.05) is 26.6 Å². The van der Waals surface area contributed by atoms with E-state index < -0.39 is 0 Å². The van der Waals surface area contributed by atoms with Gasteiger partial charge in [-0.05, 0) is 11.4 Å². The molecule has 2 rings (SSSR count). The zero-order chi connectivity index (χ0) is 15.4. The van der Waals surface area contributed by atoms with E-state index >= 15 is 0 Å². The summed E-state index contributed by atoms with van der Waals surface area (Å²) in [5.74, 6) is 1.10. The van der Waals surface area contributed by atoms with Crippen molar-refractivity contribution in [2.45, 2.75) is 0 Å². The number of ether oxygens (including phenoxy) is 3. The van der Waals surface area contributed by atoms with Crippen LogP contribution in [0.15, 0.2) is 23.6 Å². The predicted octanol–water partition coefficient (Wildman–Crippen LogP) is 3.68. The highest BCUT2D eigenvalue weighted by Gasteiger charge is 2.16. The Morgan fingerprint density at radius 2 is 1.76 bits per heavy atom. The van der Waals surface area contributed by atoms with Gasteiger partial charge in [0.1, 0.15) is 4.88 Å². The Morgan fingerprint density at radius 1 is 1.14 bits per heavy atom. The fourth-order valence-electron chi connectivity index (χ4n) is 1.80. The Kier molecular flexibility index (Phi) is 4.93. The van der Waals surface area contributed by atoms with E-state index in [0.29, 0.717) is 32.8 Å². The Bertz CT molecular complexity index is 631. The predicted molar refractivity (Wildman–Crippen MR) is 83.4 cm³/mol. The monoisotopic (exact) mass is 327 g/mol. The molecule has 2 aromatic rings. The first-order chi connectivity index (χ1) is 10.1. The number of hydrogen-bond donors (Lipinski definition) is 1. The molecule has 5 nitrogen and oxygen atoms in total. The first kappa shape index (κ1) is 15.5. The molecule has 0 fully saturated rings. The minimum atomic E-state index is -0.288. The molecule has 1 N–H and O–H groups in total. The van der Waals surface area contributed by atoms with Crippen molar-refractivity contribution >= 4 is 34.5 Å². The normalized spacial score (nSPS) is 10.1. The van der Waals surface area contributed by atoms with Gasteiger partial charge in [-0.1, -0.05) is 11.6 Å². The van der Waals surface area contributed by atoms with E-state index in [1.54, 1.807) is 23.6 Å². The van der Waals surface area contributed by atoms with Crippen LogP contribution in [-0.2, 0) is 0 Å². The number of anilines is 1. The highest BCUT2D eigenvalue weighted by atomic mass is 35.5. The van der Waals surface area contributed by atoms with Gasteiger partial charge in [0.15, 0.2) is 11.5 Å². The minimum Gasteiger partial charge on any atom is -0.493 e. The molecule has 112 valence electrons. The van der Waals surface area contributed by atoms with E-state index in [2.05, 4.69) is 5.32 Å². The van der Waals surface area contributed by atoms with Crippen LogP contribution in [0, 0.1) is 0 Å². The second kappa shape index (κ2) is 6.69. The van der Waals surface area contributed by atoms with Crippen LogP contribution in [-0.4, -0.2) is 27.2 Å². The van der Waals surface area contributed by atoms with Gasteiger partial charge in [0.05, 0.1) is 26.4 Å². The summed E-state index contributed by atoms with van der Waals surface area (Å²) in [7, 11) is 4.54. The summed E-state index contributed by atoms with van der Waals surface area (Å²) in [6, 6.07) is 4.98. The zero-order valence-corrected chi connectivity index (χ0v) is 13.3. The van der Waals surface area contributed by atoms with Crippen molar-refractivity contribution in [3.63, 3.8) is 0 Å². The lowest BCUT2D eigenvalue weighted by Gasteiger charge is -2.14. The van der Waals surface area contributed by atoms with E-state index in [4.69, 9.17) is 25.8 Å². The maximum Gasteiger partial charge on any atom is 0.267 e. The first-order valence-corrected chi connectivity index (χ1v) is 7.20. The van der Waals surface area contributed by atoms with Crippen LogP contribution >= 0.6 is 22.9 Å². The number of amides is 1. The lowest BCUT2D eigenvalue weighted by Crippen LogP contribution is -2.11. The van der Waals surface area contributed by atoms with Crippen LogP contribution in [0.2, 0.25) is 5.02 Å². The number of nitrogens with one attached hydrogen (secondary N) is 1. The van der Waals surface area contributed by atoms with Gasteiger partial charge in [0.2, 0.25) is 5.75 Å². The molecule has 0 aliphatic rings. The van der Waals surface area contributed by atoms with E-state index in [0.717, 1.165) is 0 Å². The number of hydrogen-bond acceptors (Lipinski definition) is 5. The van der Waals surface area contributed by atoms with Gasteiger partial charge in [0.25, 0.3) is 5.91 Å². The fourth-order valence-corrected chi connectivity index (χ4v) is 2.83. The van der Waals surface area contributed by atoms with Crippen LogP contribution in [0.3, 0.4) is 0 Å². The third-order valence-corrected chi connectivity index (χ3v) is 4.09. The average molecular weight is 328 g/mol. The lowest BCUT2D eigenvalue weighted by molar-refractivity contribution is 0.103. The highest BCUT2D eigenvalue weighted by Crippen LogP contribution is 2.40. The summed E-state index contributed by atoms with van der Waals surface area (Å²) in [5, 5.41) is 4.94. The van der Waals surface area contributed by atoms with Crippen LogP contribution in [0.1, 0.15) is 9.67 Å². The molecule has 0 aliphatic heterocycles. The Hall–Kier alpha value is -1.92. The van der Waals surface area contributed by atoms with Crippen LogP contribution in [0.5, 0.6) is 17.2 Å². The average Bonchev–Trinajstić information content (AvgIpc) is 2.92. The zero-order valence-electron chi connectivity index (χ0n) is 11.7. The molecule has 0 saturated heterocycles. The number of carbonyl (C=O) groups excluding carboxylic acids is 1. The van der Waals surface area contributed by atoms with Gasteiger partial charge >= 0.3 is 0 Å². The molecule has 1 aromatic carbocycles. The molecular formula is C14H14ClNO4S. The molecule has 0 radical (unpaired) electrons. The highest BCUT2D eigenvalue weighted by molar-refractivity contribution is 7.12. The van der Waals surface area contributed by atoms with Crippen molar-refractivity contribution in [1.82, 2.24) is 0 Å². The van der Waals surface area contributed by atoms with E-state index in [1.807, 2.05) is 0 Å². The summed E-state index contributed by atoms with van der Waals surface area (Å²) < 4.78 is 15.7. The molecule has 0 atom stereocenters. The summed E-state index contributed by atoms with van der Waals surface area (Å²) in [5.41, 5.74) is 0.527. The molecule has 1 aromatic heterocycles. The van der Waals surface area contributed by atoms with Gasteiger partial charge in [0, 0.05) is 17.8 Å². The van der Waals surface area contributed by atoms with E-state index in [1.165, 1.54) is 32.7 Å². The SMILES string of the molecule is COc1cc(NC(=O)c2sccc2Cl)cc(OC)c1OC. The lowest BCUT2D eigenvalue weighted by atomic mass is 10.2. The number of carbonyl (C=O) groups is 1. The topological polar surface area (TPSA) is 56.8 Å². The fraction of sp³-hybridized carbons (Fsp3) is 0.214. The second-order valence-corrected chi connectivity index (χ2v) is 5.29. The van der Waals surface area contributed by atoms with Gasteiger partial charge in [-0.2, -0.15) is 0 Å². The van der Waals surface area contributed by atoms with Gasteiger partial charge in [-0.25, -0.2) is 0 Å². The number of benzene rings is 1. The van der Waals surface area contributed by atoms with Crippen molar-refractivity contribution < 1.29 is 19.0 Å². The summed E-state index contributed by atoms with van der Waals surface area (Å²) in [6.45, 7) is 0. The first-order valence-electron chi connectivity index (χ1n) is 5.95. The third kappa shape index (κ3) is 3.22. The Balaban J connectivity index is 2.32. The van der Waals surface area contributed by atoms with Gasteiger partial charge in [-0.15, -0.1) is 11.3 Å². The molecule has 0 bridgehead atoms. The van der Waals surface area contributed by atoms with Crippen LogP contribution < -0.4 is 19.5 Å². The van der Waals surface area contributed by atoms with Gasteiger partial charge < -0.3 is 19.5 Å². The molecule has 0 saturated carbocycles. The molecule has 0 spiro atoms. The summed E-state index contributed by atoms with van der Waals surface area (Å²) in [6.07, 6.45) is 0. The summed E-state index contributed by atoms with van der Waals surface area (Å²) in [4.78, 5) is 12.6. The van der Waals surface area contributed by atoms with Crippen LogP contribution in [0.4, 0.5) is 5.69 Å². The molecule has 0 unspecified atom stereocenters. The molecule has 7 heteroatoms. The van der Waals surface area contributed by atoms with Crippen molar-refractivity contribution in [2.24, 2.45) is 0 Å². The van der Waals surface area contributed by atoms with Crippen molar-refractivity contribution in [3.8, 4) is 17.2 Å². The number of methoxy groups -OCH3 is 3. The largest absolute Gasteiger partial charge is 0.493 e. The molecule has 0 aliphatic carbocycles. The Morgan fingerprint density at radius 3 is 2.19 bits per heavy atom. The molecule has 1 amide bonds. The van der Waals surface area contributed by atoms with E-state index in [9.17, 15) is 4.79 Å².